The summed E-state index contributed by atoms with van der Waals surface area (Å²) in [7, 11) is 5.69. The van der Waals surface area contributed by atoms with Crippen molar-refractivity contribution in [2.45, 2.75) is 39.2 Å². The van der Waals surface area contributed by atoms with Crippen LogP contribution >= 0.6 is 0 Å². The molecule has 0 saturated heterocycles. The molecule has 2 N–H and O–H groups in total. The van der Waals surface area contributed by atoms with E-state index >= 15 is 0 Å². The minimum Gasteiger partial charge on any atom is -0.357 e. The summed E-state index contributed by atoms with van der Waals surface area (Å²) < 4.78 is 0. The summed E-state index contributed by atoms with van der Waals surface area (Å²) in [5.41, 5.74) is 0. The third-order valence-corrected chi connectivity index (χ3v) is 4.31. The molecule has 0 radical (unpaired) electrons. The molecule has 3 unspecified atom stereocenters. The molecular weight excluding hydrogens is 252 g/mol. The van der Waals surface area contributed by atoms with Crippen molar-refractivity contribution in [3.05, 3.63) is 0 Å². The van der Waals surface area contributed by atoms with Crippen molar-refractivity contribution in [1.29, 1.82) is 0 Å². The van der Waals surface area contributed by atoms with Gasteiger partial charge in [0.15, 0.2) is 0 Å². The lowest BCUT2D eigenvalue weighted by Crippen LogP contribution is -2.26. The van der Waals surface area contributed by atoms with Crippen molar-refractivity contribution in [2.24, 2.45) is 11.8 Å². The summed E-state index contributed by atoms with van der Waals surface area (Å²) in [6.45, 7) is 4.60. The maximum absolute atomic E-state index is 4.48. The molecule has 1 aliphatic rings. The Morgan fingerprint density at radius 3 is 2.40 bits per heavy atom. The molecule has 1 aromatic heterocycles. The fourth-order valence-corrected chi connectivity index (χ4v) is 2.93. The van der Waals surface area contributed by atoms with Crippen LogP contribution in [-0.4, -0.2) is 42.1 Å². The highest BCUT2D eigenvalue weighted by molar-refractivity contribution is 5.43. The van der Waals surface area contributed by atoms with Crippen LogP contribution in [-0.2, 0) is 0 Å². The van der Waals surface area contributed by atoms with Gasteiger partial charge in [-0.05, 0) is 24.7 Å². The second-order valence-electron chi connectivity index (χ2n) is 5.78. The molecule has 1 fully saturated rings. The van der Waals surface area contributed by atoms with Gasteiger partial charge in [0.25, 0.3) is 0 Å². The number of aromatic nitrogens is 3. The van der Waals surface area contributed by atoms with Crippen molar-refractivity contribution in [1.82, 2.24) is 15.0 Å². The van der Waals surface area contributed by atoms with Crippen LogP contribution in [0.5, 0.6) is 0 Å². The lowest BCUT2D eigenvalue weighted by molar-refractivity contribution is 0.391. The van der Waals surface area contributed by atoms with Gasteiger partial charge < -0.3 is 15.5 Å². The molecule has 0 spiro atoms. The molecule has 20 heavy (non-hydrogen) atoms. The van der Waals surface area contributed by atoms with Gasteiger partial charge in [-0.25, -0.2) is 0 Å². The minimum atomic E-state index is 0.460. The zero-order chi connectivity index (χ0) is 14.7. The molecule has 0 amide bonds. The van der Waals surface area contributed by atoms with Gasteiger partial charge in [0.1, 0.15) is 0 Å². The Balaban J connectivity index is 2.15. The predicted molar refractivity (Wildman–Crippen MR) is 83.3 cm³/mol. The van der Waals surface area contributed by atoms with Crippen LogP contribution < -0.4 is 15.5 Å². The largest absolute Gasteiger partial charge is 0.357 e. The summed E-state index contributed by atoms with van der Waals surface area (Å²) in [5, 5.41) is 6.49. The van der Waals surface area contributed by atoms with E-state index in [0.29, 0.717) is 29.8 Å². The first-order valence-electron chi connectivity index (χ1n) is 7.42. The van der Waals surface area contributed by atoms with Crippen molar-refractivity contribution in [3.8, 4) is 0 Å². The van der Waals surface area contributed by atoms with Crippen LogP contribution in [0.3, 0.4) is 0 Å². The predicted octanol–water partition coefficient (Wildman–Crippen LogP) is 2.22. The number of hydrogen-bond donors (Lipinski definition) is 2. The molecule has 3 atom stereocenters. The molecule has 6 nitrogen and oxygen atoms in total. The Bertz CT molecular complexity index is 447. The number of nitrogens with one attached hydrogen (secondary N) is 2. The van der Waals surface area contributed by atoms with E-state index in [1.807, 2.05) is 26.0 Å². The van der Waals surface area contributed by atoms with Crippen molar-refractivity contribution >= 4 is 17.8 Å². The SMILES string of the molecule is CCC1CCC(Nc2nc(NC)nc(N(C)C)n2)C1C. The van der Waals surface area contributed by atoms with Gasteiger partial charge in [-0.3, -0.25) is 0 Å². The van der Waals surface area contributed by atoms with Gasteiger partial charge in [0.05, 0.1) is 0 Å². The highest BCUT2D eigenvalue weighted by atomic mass is 15.3. The lowest BCUT2D eigenvalue weighted by atomic mass is 9.94. The van der Waals surface area contributed by atoms with Gasteiger partial charge in [-0.1, -0.05) is 20.3 Å². The zero-order valence-corrected chi connectivity index (χ0v) is 13.1. The van der Waals surface area contributed by atoms with E-state index in [2.05, 4.69) is 39.4 Å². The smallest absolute Gasteiger partial charge is 0.231 e. The van der Waals surface area contributed by atoms with Gasteiger partial charge in [0.2, 0.25) is 17.8 Å². The molecule has 1 heterocycles. The summed E-state index contributed by atoms with van der Waals surface area (Å²) in [4.78, 5) is 15.1. The second kappa shape index (κ2) is 6.24. The average Bonchev–Trinajstić information content (AvgIpc) is 2.79. The topological polar surface area (TPSA) is 66.0 Å². The summed E-state index contributed by atoms with van der Waals surface area (Å²) >= 11 is 0. The second-order valence-corrected chi connectivity index (χ2v) is 5.78. The minimum absolute atomic E-state index is 0.460. The number of anilines is 3. The summed E-state index contributed by atoms with van der Waals surface area (Å²) in [5.74, 6) is 3.42. The number of rotatable bonds is 5. The standard InChI is InChI=1S/C14H26N6/c1-6-10-7-8-11(9(10)2)16-13-17-12(15-3)18-14(19-13)20(4)5/h9-11H,6-8H2,1-5H3,(H2,15,16,17,18,19). The van der Waals surface area contributed by atoms with Gasteiger partial charge in [0, 0.05) is 27.2 Å². The first-order valence-corrected chi connectivity index (χ1v) is 7.42. The summed E-state index contributed by atoms with van der Waals surface area (Å²) in [6.07, 6.45) is 3.73. The Kier molecular flexibility index (Phi) is 4.62. The van der Waals surface area contributed by atoms with Crippen LogP contribution in [0.4, 0.5) is 17.8 Å². The lowest BCUT2D eigenvalue weighted by Gasteiger charge is -2.21. The van der Waals surface area contributed by atoms with Crippen molar-refractivity contribution in [2.75, 3.05) is 36.7 Å². The molecule has 0 bridgehead atoms. The Morgan fingerprint density at radius 1 is 1.15 bits per heavy atom. The van der Waals surface area contributed by atoms with Crippen LogP contribution in [0.1, 0.15) is 33.1 Å². The molecule has 1 aliphatic carbocycles. The van der Waals surface area contributed by atoms with Crippen LogP contribution in [0.15, 0.2) is 0 Å². The van der Waals surface area contributed by atoms with E-state index in [4.69, 9.17) is 0 Å². The zero-order valence-electron chi connectivity index (χ0n) is 13.1. The Morgan fingerprint density at radius 2 is 1.85 bits per heavy atom. The fourth-order valence-electron chi connectivity index (χ4n) is 2.93. The highest BCUT2D eigenvalue weighted by Crippen LogP contribution is 2.35. The van der Waals surface area contributed by atoms with E-state index < -0.39 is 0 Å². The third kappa shape index (κ3) is 3.11. The van der Waals surface area contributed by atoms with Crippen LogP contribution in [0.2, 0.25) is 0 Å². The Hall–Kier alpha value is -1.59. The number of nitrogens with zero attached hydrogens (tertiary/aromatic N) is 4. The first-order chi connectivity index (χ1) is 9.55. The number of hydrogen-bond acceptors (Lipinski definition) is 6. The fraction of sp³-hybridized carbons (Fsp3) is 0.786. The molecule has 6 heteroatoms. The molecule has 1 aromatic rings. The van der Waals surface area contributed by atoms with Gasteiger partial charge in [-0.2, -0.15) is 15.0 Å². The summed E-state index contributed by atoms with van der Waals surface area (Å²) in [6, 6.07) is 0.460. The molecule has 2 rings (SSSR count). The molecular formula is C14H26N6. The van der Waals surface area contributed by atoms with Crippen LogP contribution in [0, 0.1) is 11.8 Å². The van der Waals surface area contributed by atoms with Crippen molar-refractivity contribution < 1.29 is 0 Å². The maximum atomic E-state index is 4.48. The first kappa shape index (κ1) is 14.8. The highest BCUT2D eigenvalue weighted by Gasteiger charge is 2.32. The Labute approximate surface area is 121 Å². The van der Waals surface area contributed by atoms with E-state index in [-0.39, 0.29) is 0 Å². The molecule has 0 aromatic carbocycles. The maximum Gasteiger partial charge on any atom is 0.231 e. The monoisotopic (exact) mass is 278 g/mol. The average molecular weight is 278 g/mol. The van der Waals surface area contributed by atoms with Crippen LogP contribution in [0.25, 0.3) is 0 Å². The molecule has 0 aliphatic heterocycles. The van der Waals surface area contributed by atoms with E-state index in [1.165, 1.54) is 19.3 Å². The molecule has 112 valence electrons. The normalized spacial score (nSPS) is 25.6. The van der Waals surface area contributed by atoms with E-state index in [0.717, 1.165) is 5.92 Å². The third-order valence-electron chi connectivity index (χ3n) is 4.31. The van der Waals surface area contributed by atoms with Crippen molar-refractivity contribution in [3.63, 3.8) is 0 Å². The quantitative estimate of drug-likeness (QED) is 0.861. The van der Waals surface area contributed by atoms with Gasteiger partial charge in [-0.15, -0.1) is 0 Å². The molecule has 1 saturated carbocycles. The van der Waals surface area contributed by atoms with E-state index in [9.17, 15) is 0 Å². The van der Waals surface area contributed by atoms with Gasteiger partial charge >= 0.3 is 0 Å². The van der Waals surface area contributed by atoms with E-state index in [1.54, 1.807) is 0 Å².